The lowest BCUT2D eigenvalue weighted by molar-refractivity contribution is 1.70. The van der Waals surface area contributed by atoms with Gasteiger partial charge in [0, 0.05) is 5.56 Å². The molecule has 0 spiro atoms. The number of rotatable bonds is 1. The molecule has 0 amide bonds. The fourth-order valence-electron chi connectivity index (χ4n) is 0.938. The predicted molar refractivity (Wildman–Crippen MR) is 40.5 cm³/mol. The Morgan fingerprint density at radius 2 is 1.60 bits per heavy atom. The maximum atomic E-state index is 10.6. The summed E-state index contributed by atoms with van der Waals surface area (Å²) in [6.07, 6.45) is 0. The zero-order chi connectivity index (χ0) is 6.97. The van der Waals surface area contributed by atoms with Crippen LogP contribution in [0.1, 0.15) is 0 Å². The van der Waals surface area contributed by atoms with Gasteiger partial charge in [0.15, 0.2) is 5.43 Å². The molecule has 0 aliphatic heterocycles. The van der Waals surface area contributed by atoms with Crippen molar-refractivity contribution < 1.29 is 0 Å². The molecule has 2 aromatic carbocycles. The molecule has 48 valence electrons. The Morgan fingerprint density at radius 3 is 2.10 bits per heavy atom. The monoisotopic (exact) mass is 130 g/mol. The first-order valence-electron chi connectivity index (χ1n) is 3.19. The first-order valence-corrected chi connectivity index (χ1v) is 3.19. The van der Waals surface area contributed by atoms with Crippen LogP contribution in [0.25, 0.3) is 11.1 Å². The zero-order valence-electron chi connectivity index (χ0n) is 5.37. The average molecular weight is 130 g/mol. The van der Waals surface area contributed by atoms with Crippen LogP contribution < -0.4 is 5.43 Å². The van der Waals surface area contributed by atoms with E-state index >= 15 is 0 Å². The quantitative estimate of drug-likeness (QED) is 0.573. The second kappa shape index (κ2) is 1.81. The van der Waals surface area contributed by atoms with E-state index < -0.39 is 0 Å². The van der Waals surface area contributed by atoms with Crippen LogP contribution in [0.5, 0.6) is 0 Å². The highest BCUT2D eigenvalue weighted by molar-refractivity contribution is 5.69. The fourth-order valence-corrected chi connectivity index (χ4v) is 0.938. The summed E-state index contributed by atoms with van der Waals surface area (Å²) in [4.78, 5) is 10.6. The molecule has 0 fully saturated rings. The third-order valence-corrected chi connectivity index (χ3v) is 1.54. The van der Waals surface area contributed by atoms with Crippen molar-refractivity contribution in [1.29, 1.82) is 0 Å². The van der Waals surface area contributed by atoms with Gasteiger partial charge >= 0.3 is 0 Å². The molecule has 1 nitrogen and oxygen atoms in total. The van der Waals surface area contributed by atoms with Gasteiger partial charge in [0.2, 0.25) is 0 Å². The van der Waals surface area contributed by atoms with Gasteiger partial charge in [-0.2, -0.15) is 0 Å². The normalized spacial score (nSPS) is 10.4. The molecule has 0 heterocycles. The summed E-state index contributed by atoms with van der Waals surface area (Å²) in [5.41, 5.74) is 2.07. The van der Waals surface area contributed by atoms with E-state index in [1.807, 2.05) is 30.3 Å². The van der Waals surface area contributed by atoms with Crippen molar-refractivity contribution in [2.45, 2.75) is 0 Å². The minimum atomic E-state index is 0.172. The van der Waals surface area contributed by atoms with Crippen LogP contribution in [0.4, 0.5) is 0 Å². The Labute approximate surface area is 58.6 Å². The lowest BCUT2D eigenvalue weighted by Crippen LogP contribution is -1.74. The molecule has 0 aromatic heterocycles. The van der Waals surface area contributed by atoms with E-state index in [1.54, 1.807) is 6.07 Å². The van der Waals surface area contributed by atoms with Gasteiger partial charge in [0.25, 0.3) is 0 Å². The zero-order valence-corrected chi connectivity index (χ0v) is 5.37. The second-order valence-corrected chi connectivity index (χ2v) is 2.29. The molecule has 1 heteroatoms. The minimum Gasteiger partial charge on any atom is -0.289 e. The van der Waals surface area contributed by atoms with Crippen molar-refractivity contribution in [3.63, 3.8) is 0 Å². The molecule has 0 saturated heterocycles. The molecule has 0 radical (unpaired) electrons. The molecule has 0 aliphatic carbocycles. The van der Waals surface area contributed by atoms with Crippen LogP contribution >= 0.6 is 0 Å². The lowest BCUT2D eigenvalue weighted by atomic mass is 10.2. The highest BCUT2D eigenvalue weighted by Gasteiger charge is 2.08. The third kappa shape index (κ3) is 0.760. The van der Waals surface area contributed by atoms with Gasteiger partial charge in [-0.25, -0.2) is 0 Å². The largest absolute Gasteiger partial charge is 0.289 e. The van der Waals surface area contributed by atoms with Crippen molar-refractivity contribution >= 4 is 0 Å². The minimum absolute atomic E-state index is 0.172. The standard InChI is InChI=1S/C9H6O/c10-9-6-8(9)7-4-2-1-3-5-7/h1-6H. The van der Waals surface area contributed by atoms with E-state index in [9.17, 15) is 4.79 Å². The van der Waals surface area contributed by atoms with E-state index in [1.165, 1.54) is 0 Å². The Bertz CT molecular complexity index is 339. The molecule has 0 N–H and O–H groups in total. The van der Waals surface area contributed by atoms with E-state index in [-0.39, 0.29) is 5.43 Å². The Morgan fingerprint density at radius 1 is 1.00 bits per heavy atom. The highest BCUT2D eigenvalue weighted by atomic mass is 16.1. The summed E-state index contributed by atoms with van der Waals surface area (Å²) >= 11 is 0. The van der Waals surface area contributed by atoms with Crippen LogP contribution in [0.2, 0.25) is 0 Å². The van der Waals surface area contributed by atoms with Crippen LogP contribution in [-0.4, -0.2) is 0 Å². The van der Waals surface area contributed by atoms with E-state index in [0.717, 1.165) is 11.1 Å². The second-order valence-electron chi connectivity index (χ2n) is 2.29. The maximum absolute atomic E-state index is 10.6. The van der Waals surface area contributed by atoms with Crippen LogP contribution in [-0.2, 0) is 0 Å². The molecule has 10 heavy (non-hydrogen) atoms. The molecule has 2 rings (SSSR count). The average Bonchev–Trinajstić information content (AvgIpc) is 2.69. The van der Waals surface area contributed by atoms with Gasteiger partial charge in [0.05, 0.1) is 0 Å². The maximum Gasteiger partial charge on any atom is 0.187 e. The third-order valence-electron chi connectivity index (χ3n) is 1.54. The van der Waals surface area contributed by atoms with Crippen molar-refractivity contribution in [3.05, 3.63) is 46.6 Å². The van der Waals surface area contributed by atoms with Crippen LogP contribution in [0, 0.1) is 0 Å². The van der Waals surface area contributed by atoms with Crippen molar-refractivity contribution in [2.75, 3.05) is 0 Å². The van der Waals surface area contributed by atoms with Crippen LogP contribution in [0.3, 0.4) is 0 Å². The first-order chi connectivity index (χ1) is 4.88. The molecule has 0 bridgehead atoms. The van der Waals surface area contributed by atoms with Crippen LogP contribution in [0.15, 0.2) is 41.2 Å². The summed E-state index contributed by atoms with van der Waals surface area (Å²) in [6, 6.07) is 11.3. The van der Waals surface area contributed by atoms with Gasteiger partial charge in [-0.3, -0.25) is 4.79 Å². The summed E-state index contributed by atoms with van der Waals surface area (Å²) in [5.74, 6) is 0. The lowest BCUT2D eigenvalue weighted by Gasteiger charge is -1.86. The van der Waals surface area contributed by atoms with Gasteiger partial charge < -0.3 is 0 Å². The molecular formula is C9H6O. The Hall–Kier alpha value is -1.37. The van der Waals surface area contributed by atoms with Crippen molar-refractivity contribution in [1.82, 2.24) is 0 Å². The fraction of sp³-hybridized carbons (Fsp3) is 0. The number of hydrogen-bond donors (Lipinski definition) is 0. The summed E-state index contributed by atoms with van der Waals surface area (Å²) < 4.78 is 0. The predicted octanol–water partition coefficient (Wildman–Crippen LogP) is 1.59. The topological polar surface area (TPSA) is 17.1 Å². The van der Waals surface area contributed by atoms with Gasteiger partial charge in [-0.05, 0) is 11.6 Å². The summed E-state index contributed by atoms with van der Waals surface area (Å²) in [7, 11) is 0. The molecule has 0 atom stereocenters. The summed E-state index contributed by atoms with van der Waals surface area (Å²) in [6.45, 7) is 0. The first kappa shape index (κ1) is 5.42. The van der Waals surface area contributed by atoms with E-state index in [0.29, 0.717) is 0 Å². The highest BCUT2D eigenvalue weighted by Crippen LogP contribution is 2.16. The molecule has 0 unspecified atom stereocenters. The van der Waals surface area contributed by atoms with Gasteiger partial charge in [0.1, 0.15) is 0 Å². The number of benzene rings is 1. The Balaban J connectivity index is 2.47. The SMILES string of the molecule is O=c1cc1-c1ccccc1. The molecule has 0 aliphatic rings. The van der Waals surface area contributed by atoms with Crippen molar-refractivity contribution in [3.8, 4) is 11.1 Å². The van der Waals surface area contributed by atoms with E-state index in [2.05, 4.69) is 0 Å². The smallest absolute Gasteiger partial charge is 0.187 e. The Kier molecular flexibility index (Phi) is 0.978. The van der Waals surface area contributed by atoms with Gasteiger partial charge in [-0.15, -0.1) is 0 Å². The van der Waals surface area contributed by atoms with Crippen molar-refractivity contribution in [2.24, 2.45) is 0 Å². The number of hydrogen-bond acceptors (Lipinski definition) is 1. The molecule has 2 aromatic rings. The summed E-state index contributed by atoms with van der Waals surface area (Å²) in [5, 5.41) is 0. The van der Waals surface area contributed by atoms with Gasteiger partial charge in [-0.1, -0.05) is 30.3 Å². The molecular weight excluding hydrogens is 124 g/mol. The van der Waals surface area contributed by atoms with E-state index in [4.69, 9.17) is 0 Å². The molecule has 0 saturated carbocycles.